The van der Waals surface area contributed by atoms with Gasteiger partial charge in [-0.3, -0.25) is 9.69 Å². The van der Waals surface area contributed by atoms with E-state index in [0.717, 1.165) is 50.5 Å². The number of carbonyl (C=O) groups is 1. The molecule has 4 nitrogen and oxygen atoms in total. The zero-order valence-corrected chi connectivity index (χ0v) is 10.2. The van der Waals surface area contributed by atoms with Crippen LogP contribution in [0, 0.1) is 0 Å². The molecule has 2 saturated heterocycles. The first-order valence-corrected chi connectivity index (χ1v) is 7.09. The van der Waals surface area contributed by atoms with Crippen LogP contribution in [0.5, 0.6) is 0 Å². The molecule has 16 heavy (non-hydrogen) atoms. The molecule has 5 heteroatoms. The van der Waals surface area contributed by atoms with E-state index in [9.17, 15) is 4.79 Å². The summed E-state index contributed by atoms with van der Waals surface area (Å²) in [6.45, 7) is 2.64. The second-order valence-electron chi connectivity index (χ2n) is 4.39. The van der Waals surface area contributed by atoms with Gasteiger partial charge < -0.3 is 9.84 Å². The molecule has 0 aromatic rings. The van der Waals surface area contributed by atoms with Crippen LogP contribution < -0.4 is 0 Å². The number of aliphatic carboxylic acids is 1. The topological polar surface area (TPSA) is 49.8 Å². The zero-order chi connectivity index (χ0) is 11.4. The summed E-state index contributed by atoms with van der Waals surface area (Å²) in [6, 6.07) is -0.292. The second kappa shape index (κ2) is 5.89. The van der Waals surface area contributed by atoms with Crippen molar-refractivity contribution >= 4 is 17.7 Å². The third-order valence-corrected chi connectivity index (χ3v) is 4.31. The summed E-state index contributed by atoms with van der Waals surface area (Å²) in [5, 5.41) is 9.11. The maximum atomic E-state index is 11.1. The first kappa shape index (κ1) is 12.2. The van der Waals surface area contributed by atoms with Crippen molar-refractivity contribution < 1.29 is 14.6 Å². The lowest BCUT2D eigenvalue weighted by atomic mass is 10.1. The predicted molar refractivity (Wildman–Crippen MR) is 63.9 cm³/mol. The summed E-state index contributed by atoms with van der Waals surface area (Å²) in [6.07, 6.45) is 3.64. The highest BCUT2D eigenvalue weighted by Gasteiger charge is 2.29. The van der Waals surface area contributed by atoms with Gasteiger partial charge in [-0.15, -0.1) is 0 Å². The lowest BCUT2D eigenvalue weighted by molar-refractivity contribution is -0.142. The van der Waals surface area contributed by atoms with Gasteiger partial charge in [0.25, 0.3) is 0 Å². The fraction of sp³-hybridized carbons (Fsp3) is 0.909. The van der Waals surface area contributed by atoms with Crippen molar-refractivity contribution in [2.24, 2.45) is 0 Å². The van der Waals surface area contributed by atoms with Crippen LogP contribution in [0.2, 0.25) is 0 Å². The Morgan fingerprint density at radius 1 is 1.56 bits per heavy atom. The molecule has 0 aliphatic carbocycles. The Morgan fingerprint density at radius 3 is 3.12 bits per heavy atom. The van der Waals surface area contributed by atoms with Crippen LogP contribution in [-0.2, 0) is 9.53 Å². The summed E-state index contributed by atoms with van der Waals surface area (Å²) >= 11 is 1.74. The highest BCUT2D eigenvalue weighted by molar-refractivity contribution is 7.99. The van der Waals surface area contributed by atoms with E-state index in [2.05, 4.69) is 4.90 Å². The van der Waals surface area contributed by atoms with Crippen LogP contribution in [-0.4, -0.2) is 59.3 Å². The number of hydrogen-bond acceptors (Lipinski definition) is 4. The first-order valence-electron chi connectivity index (χ1n) is 5.93. The fourth-order valence-electron chi connectivity index (χ4n) is 2.31. The molecular weight excluding hydrogens is 226 g/mol. The van der Waals surface area contributed by atoms with E-state index in [1.807, 2.05) is 0 Å². The third kappa shape index (κ3) is 3.12. The van der Waals surface area contributed by atoms with Gasteiger partial charge in [-0.25, -0.2) is 0 Å². The molecule has 2 rings (SSSR count). The van der Waals surface area contributed by atoms with Crippen molar-refractivity contribution in [3.05, 3.63) is 0 Å². The quantitative estimate of drug-likeness (QED) is 0.802. The molecule has 0 radical (unpaired) electrons. The second-order valence-corrected chi connectivity index (χ2v) is 5.54. The molecule has 0 aromatic carbocycles. The standard InChI is InChI=1S/C11H19NO3S/c13-11(14)10-8-16-7-5-12(10)4-3-9-2-1-6-15-9/h9-10H,1-8H2,(H,13,14). The molecule has 92 valence electrons. The Kier molecular flexibility index (Phi) is 4.49. The molecule has 0 aromatic heterocycles. The number of carboxylic acids is 1. The minimum Gasteiger partial charge on any atom is -0.480 e. The van der Waals surface area contributed by atoms with Gasteiger partial charge in [-0.2, -0.15) is 11.8 Å². The summed E-state index contributed by atoms with van der Waals surface area (Å²) in [5.74, 6) is 1.09. The summed E-state index contributed by atoms with van der Waals surface area (Å²) in [4.78, 5) is 13.2. The van der Waals surface area contributed by atoms with Gasteiger partial charge in [0.1, 0.15) is 6.04 Å². The lowest BCUT2D eigenvalue weighted by Gasteiger charge is -2.33. The lowest BCUT2D eigenvalue weighted by Crippen LogP contribution is -2.48. The third-order valence-electron chi connectivity index (χ3n) is 3.29. The molecule has 2 aliphatic rings. The zero-order valence-electron chi connectivity index (χ0n) is 9.43. The van der Waals surface area contributed by atoms with E-state index in [4.69, 9.17) is 9.84 Å². The largest absolute Gasteiger partial charge is 0.480 e. The summed E-state index contributed by atoms with van der Waals surface area (Å²) in [7, 11) is 0. The van der Waals surface area contributed by atoms with Crippen molar-refractivity contribution in [3.8, 4) is 0 Å². The fourth-order valence-corrected chi connectivity index (χ4v) is 3.42. The Labute approximate surface area is 100 Å². The Morgan fingerprint density at radius 2 is 2.44 bits per heavy atom. The molecule has 2 fully saturated rings. The number of nitrogens with zero attached hydrogens (tertiary/aromatic N) is 1. The molecule has 2 unspecified atom stereocenters. The van der Waals surface area contributed by atoms with E-state index in [0.29, 0.717) is 6.10 Å². The van der Waals surface area contributed by atoms with E-state index in [1.54, 1.807) is 11.8 Å². The Hall–Kier alpha value is -0.260. The molecule has 1 N–H and O–H groups in total. The van der Waals surface area contributed by atoms with Crippen LogP contribution >= 0.6 is 11.8 Å². The minimum absolute atomic E-state index is 0.292. The highest BCUT2D eigenvalue weighted by atomic mass is 32.2. The Balaban J connectivity index is 1.78. The van der Waals surface area contributed by atoms with Gasteiger partial charge in [-0.1, -0.05) is 0 Å². The maximum Gasteiger partial charge on any atom is 0.321 e. The monoisotopic (exact) mass is 245 g/mol. The number of carboxylic acid groups (broad SMARTS) is 1. The van der Waals surface area contributed by atoms with Crippen molar-refractivity contribution in [3.63, 3.8) is 0 Å². The van der Waals surface area contributed by atoms with E-state index < -0.39 is 5.97 Å². The van der Waals surface area contributed by atoms with E-state index in [1.165, 1.54) is 0 Å². The number of rotatable bonds is 4. The molecule has 2 aliphatic heterocycles. The van der Waals surface area contributed by atoms with Gasteiger partial charge in [-0.05, 0) is 19.3 Å². The van der Waals surface area contributed by atoms with Crippen LogP contribution in [0.3, 0.4) is 0 Å². The number of hydrogen-bond donors (Lipinski definition) is 1. The highest BCUT2D eigenvalue weighted by Crippen LogP contribution is 2.20. The van der Waals surface area contributed by atoms with E-state index >= 15 is 0 Å². The van der Waals surface area contributed by atoms with Crippen molar-refractivity contribution in [2.75, 3.05) is 31.2 Å². The molecule has 0 saturated carbocycles. The molecule has 0 spiro atoms. The SMILES string of the molecule is O=C(O)C1CSCCN1CCC1CCCO1. The normalized spacial score (nSPS) is 31.8. The average Bonchev–Trinajstić information content (AvgIpc) is 2.79. The molecule has 2 atom stereocenters. The van der Waals surface area contributed by atoms with Gasteiger partial charge in [0.2, 0.25) is 0 Å². The molecular formula is C11H19NO3S. The Bertz CT molecular complexity index is 243. The number of ether oxygens (including phenoxy) is 1. The number of thioether (sulfide) groups is 1. The van der Waals surface area contributed by atoms with Gasteiger partial charge >= 0.3 is 5.97 Å². The van der Waals surface area contributed by atoms with Gasteiger partial charge in [0.15, 0.2) is 0 Å². The van der Waals surface area contributed by atoms with Crippen LogP contribution in [0.15, 0.2) is 0 Å². The average molecular weight is 245 g/mol. The minimum atomic E-state index is -0.681. The molecule has 0 bridgehead atoms. The van der Waals surface area contributed by atoms with E-state index in [-0.39, 0.29) is 6.04 Å². The van der Waals surface area contributed by atoms with Gasteiger partial charge in [0.05, 0.1) is 6.10 Å². The first-order chi connectivity index (χ1) is 7.77. The maximum absolute atomic E-state index is 11.1. The van der Waals surface area contributed by atoms with Crippen LogP contribution in [0.4, 0.5) is 0 Å². The summed E-state index contributed by atoms with van der Waals surface area (Å²) < 4.78 is 5.56. The van der Waals surface area contributed by atoms with Crippen LogP contribution in [0.1, 0.15) is 19.3 Å². The van der Waals surface area contributed by atoms with Crippen LogP contribution in [0.25, 0.3) is 0 Å². The molecule has 0 amide bonds. The van der Waals surface area contributed by atoms with Crippen molar-refractivity contribution in [1.82, 2.24) is 4.90 Å². The smallest absolute Gasteiger partial charge is 0.321 e. The van der Waals surface area contributed by atoms with Crippen molar-refractivity contribution in [2.45, 2.75) is 31.4 Å². The predicted octanol–water partition coefficient (Wildman–Crippen LogP) is 1.06. The van der Waals surface area contributed by atoms with Gasteiger partial charge in [0, 0.05) is 31.2 Å². The summed E-state index contributed by atoms with van der Waals surface area (Å²) in [5.41, 5.74) is 0. The molecule has 2 heterocycles. The van der Waals surface area contributed by atoms with Crippen molar-refractivity contribution in [1.29, 1.82) is 0 Å².